The molecule has 0 aliphatic carbocycles. The van der Waals surface area contributed by atoms with Crippen LogP contribution in [0.4, 0.5) is 5.69 Å². The van der Waals surface area contributed by atoms with Gasteiger partial charge in [-0.25, -0.2) is 0 Å². The van der Waals surface area contributed by atoms with Crippen LogP contribution in [0.5, 0.6) is 0 Å². The summed E-state index contributed by atoms with van der Waals surface area (Å²) in [6.45, 7) is 6.29. The van der Waals surface area contributed by atoms with Crippen molar-refractivity contribution in [3.8, 4) is 11.3 Å². The summed E-state index contributed by atoms with van der Waals surface area (Å²) in [5, 5.41) is 0. The van der Waals surface area contributed by atoms with Crippen LogP contribution in [0, 0.1) is 6.92 Å². The first-order valence-electron chi connectivity index (χ1n) is 6.05. The van der Waals surface area contributed by atoms with E-state index in [0.717, 1.165) is 22.6 Å². The maximum absolute atomic E-state index is 4.48. The van der Waals surface area contributed by atoms with Crippen molar-refractivity contribution >= 4 is 11.9 Å². The maximum Gasteiger partial charge on any atom is 0.0886 e. The van der Waals surface area contributed by atoms with Gasteiger partial charge in [0.15, 0.2) is 0 Å². The van der Waals surface area contributed by atoms with Gasteiger partial charge in [0.25, 0.3) is 0 Å². The quantitative estimate of drug-likeness (QED) is 0.762. The third-order valence-electron chi connectivity index (χ3n) is 3.29. The Morgan fingerprint density at radius 2 is 1.89 bits per heavy atom. The van der Waals surface area contributed by atoms with Crippen LogP contribution in [0.15, 0.2) is 35.6 Å². The Hall–Kier alpha value is -2.03. The molecule has 0 atom stereocenters. The van der Waals surface area contributed by atoms with Crippen LogP contribution in [-0.4, -0.2) is 16.2 Å². The molecule has 3 rings (SSSR count). The molecule has 2 heterocycles. The lowest BCUT2D eigenvalue weighted by molar-refractivity contribution is 0.753. The summed E-state index contributed by atoms with van der Waals surface area (Å²) in [6, 6.07) is 6.31. The van der Waals surface area contributed by atoms with Crippen LogP contribution in [0.2, 0.25) is 0 Å². The molecule has 0 amide bonds. The van der Waals surface area contributed by atoms with Gasteiger partial charge in [-0.3, -0.25) is 15.0 Å². The van der Waals surface area contributed by atoms with Crippen LogP contribution in [0.25, 0.3) is 11.3 Å². The second kappa shape index (κ2) is 3.73. The smallest absolute Gasteiger partial charge is 0.0886 e. The lowest BCUT2D eigenvalue weighted by atomic mass is 9.86. The first kappa shape index (κ1) is 11.1. The third-order valence-corrected chi connectivity index (χ3v) is 3.29. The average molecular weight is 237 g/mol. The first-order chi connectivity index (χ1) is 8.56. The molecule has 1 aliphatic rings. The Bertz CT molecular complexity index is 625. The number of nitrogens with zero attached hydrogens (tertiary/aromatic N) is 3. The average Bonchev–Trinajstić information content (AvgIpc) is 2.66. The van der Waals surface area contributed by atoms with Crippen molar-refractivity contribution in [2.24, 2.45) is 4.99 Å². The molecule has 90 valence electrons. The minimum Gasteiger partial charge on any atom is -0.260 e. The summed E-state index contributed by atoms with van der Waals surface area (Å²) in [6.07, 6.45) is 5.60. The van der Waals surface area contributed by atoms with Crippen LogP contribution in [-0.2, 0) is 5.41 Å². The zero-order valence-corrected chi connectivity index (χ0v) is 10.8. The molecule has 0 fully saturated rings. The molecular weight excluding hydrogens is 222 g/mol. The lowest BCUT2D eigenvalue weighted by Gasteiger charge is -2.15. The largest absolute Gasteiger partial charge is 0.260 e. The van der Waals surface area contributed by atoms with E-state index in [9.17, 15) is 0 Å². The Labute approximate surface area is 107 Å². The summed E-state index contributed by atoms with van der Waals surface area (Å²) in [4.78, 5) is 13.2. The molecule has 0 bridgehead atoms. The van der Waals surface area contributed by atoms with E-state index in [2.05, 4.69) is 47.0 Å². The van der Waals surface area contributed by atoms with Crippen molar-refractivity contribution in [1.82, 2.24) is 9.97 Å². The summed E-state index contributed by atoms with van der Waals surface area (Å²) in [7, 11) is 0. The molecule has 0 radical (unpaired) electrons. The summed E-state index contributed by atoms with van der Waals surface area (Å²) in [5.41, 5.74) is 5.23. The van der Waals surface area contributed by atoms with Gasteiger partial charge < -0.3 is 0 Å². The molecule has 2 aromatic rings. The predicted molar refractivity (Wildman–Crippen MR) is 73.4 cm³/mol. The van der Waals surface area contributed by atoms with Crippen LogP contribution in [0.3, 0.4) is 0 Å². The predicted octanol–water partition coefficient (Wildman–Crippen LogP) is 3.45. The molecule has 1 aromatic carbocycles. The molecule has 3 nitrogen and oxygen atoms in total. The lowest BCUT2D eigenvalue weighted by Crippen LogP contribution is -2.14. The highest BCUT2D eigenvalue weighted by Crippen LogP contribution is 2.38. The van der Waals surface area contributed by atoms with E-state index in [1.807, 2.05) is 13.1 Å². The first-order valence-corrected chi connectivity index (χ1v) is 6.05. The van der Waals surface area contributed by atoms with E-state index in [4.69, 9.17) is 0 Å². The minimum absolute atomic E-state index is 0.0345. The Morgan fingerprint density at radius 1 is 1.06 bits per heavy atom. The Balaban J connectivity index is 2.07. The van der Waals surface area contributed by atoms with Gasteiger partial charge in [-0.1, -0.05) is 26.0 Å². The zero-order valence-electron chi connectivity index (χ0n) is 10.8. The Morgan fingerprint density at radius 3 is 2.61 bits per heavy atom. The van der Waals surface area contributed by atoms with Crippen molar-refractivity contribution in [3.63, 3.8) is 0 Å². The molecule has 0 N–H and O–H groups in total. The van der Waals surface area contributed by atoms with Gasteiger partial charge in [-0.05, 0) is 18.6 Å². The van der Waals surface area contributed by atoms with E-state index in [0.29, 0.717) is 0 Å². The van der Waals surface area contributed by atoms with Gasteiger partial charge >= 0.3 is 0 Å². The van der Waals surface area contributed by atoms with Crippen LogP contribution < -0.4 is 0 Å². The molecule has 3 heteroatoms. The van der Waals surface area contributed by atoms with Crippen LogP contribution >= 0.6 is 0 Å². The van der Waals surface area contributed by atoms with Gasteiger partial charge in [-0.15, -0.1) is 0 Å². The normalized spacial score (nSPS) is 15.7. The minimum atomic E-state index is 0.0345. The van der Waals surface area contributed by atoms with E-state index < -0.39 is 0 Å². The molecule has 0 unspecified atom stereocenters. The molecule has 0 saturated carbocycles. The van der Waals surface area contributed by atoms with E-state index in [-0.39, 0.29) is 5.41 Å². The van der Waals surface area contributed by atoms with Crippen LogP contribution in [0.1, 0.15) is 25.1 Å². The molecular formula is C15H15N3. The number of aromatic nitrogens is 2. The number of aryl methyl sites for hydroxylation is 1. The summed E-state index contributed by atoms with van der Waals surface area (Å²) < 4.78 is 0. The van der Waals surface area contributed by atoms with Gasteiger partial charge in [0.2, 0.25) is 0 Å². The number of hydrogen-bond donors (Lipinski definition) is 0. The zero-order chi connectivity index (χ0) is 12.8. The fourth-order valence-corrected chi connectivity index (χ4v) is 2.18. The van der Waals surface area contributed by atoms with Gasteiger partial charge in [0.1, 0.15) is 0 Å². The molecule has 1 aliphatic heterocycles. The standard InChI is InChI=1S/C15H15N3/c1-10-7-17-14(8-16-10)11-4-5-12-13(6-11)18-9-15(12,2)3/h4-9H,1-3H3. The summed E-state index contributed by atoms with van der Waals surface area (Å²) in [5.74, 6) is 0. The highest BCUT2D eigenvalue weighted by atomic mass is 14.8. The van der Waals surface area contributed by atoms with Gasteiger partial charge in [-0.2, -0.15) is 0 Å². The monoisotopic (exact) mass is 237 g/mol. The van der Waals surface area contributed by atoms with E-state index in [1.165, 1.54) is 5.56 Å². The molecule has 1 aromatic heterocycles. The third kappa shape index (κ3) is 1.72. The van der Waals surface area contributed by atoms with Crippen molar-refractivity contribution in [1.29, 1.82) is 0 Å². The highest BCUT2D eigenvalue weighted by molar-refractivity contribution is 5.85. The van der Waals surface area contributed by atoms with Crippen molar-refractivity contribution in [2.75, 3.05) is 0 Å². The van der Waals surface area contributed by atoms with E-state index >= 15 is 0 Å². The molecule has 0 saturated heterocycles. The van der Waals surface area contributed by atoms with E-state index in [1.54, 1.807) is 12.4 Å². The number of rotatable bonds is 1. The number of hydrogen-bond acceptors (Lipinski definition) is 3. The van der Waals surface area contributed by atoms with Gasteiger partial charge in [0, 0.05) is 23.4 Å². The second-order valence-corrected chi connectivity index (χ2v) is 5.25. The molecule has 18 heavy (non-hydrogen) atoms. The second-order valence-electron chi connectivity index (χ2n) is 5.25. The number of benzene rings is 1. The summed E-state index contributed by atoms with van der Waals surface area (Å²) >= 11 is 0. The van der Waals surface area contributed by atoms with Crippen molar-refractivity contribution in [3.05, 3.63) is 41.9 Å². The number of aliphatic imine (C=N–C) groups is 1. The fraction of sp³-hybridized carbons (Fsp3) is 0.267. The Kier molecular flexibility index (Phi) is 2.30. The maximum atomic E-state index is 4.48. The number of fused-ring (bicyclic) bond motifs is 1. The van der Waals surface area contributed by atoms with Crippen molar-refractivity contribution < 1.29 is 0 Å². The van der Waals surface area contributed by atoms with Crippen molar-refractivity contribution in [2.45, 2.75) is 26.2 Å². The topological polar surface area (TPSA) is 38.1 Å². The van der Waals surface area contributed by atoms with Gasteiger partial charge in [0.05, 0.1) is 23.3 Å². The fourth-order valence-electron chi connectivity index (χ4n) is 2.18. The SMILES string of the molecule is Cc1cnc(-c2ccc3c(c2)N=CC3(C)C)cn1. The molecule has 0 spiro atoms. The highest BCUT2D eigenvalue weighted by Gasteiger charge is 2.26.